The summed E-state index contributed by atoms with van der Waals surface area (Å²) in [6.07, 6.45) is 2.20. The average Bonchev–Trinajstić information content (AvgIpc) is 3.29. The number of aromatic nitrogens is 2. The van der Waals surface area contributed by atoms with Crippen molar-refractivity contribution in [2.45, 2.75) is 20.3 Å². The lowest BCUT2D eigenvalue weighted by Gasteiger charge is -2.37. The van der Waals surface area contributed by atoms with Gasteiger partial charge in [0.25, 0.3) is 0 Å². The molecule has 0 atom stereocenters. The Hall–Kier alpha value is -3.20. The van der Waals surface area contributed by atoms with E-state index in [-0.39, 0.29) is 16.4 Å². The molecule has 3 aromatic rings. The van der Waals surface area contributed by atoms with E-state index in [9.17, 15) is 10.1 Å². The topological polar surface area (TPSA) is 87.4 Å². The molecule has 0 aliphatic carbocycles. The molecule has 0 amide bonds. The molecule has 0 spiro atoms. The number of benzene rings is 1. The number of hydrogen-bond acceptors (Lipinski definition) is 8. The highest BCUT2D eigenvalue weighted by atomic mass is 32.1. The van der Waals surface area contributed by atoms with Crippen molar-refractivity contribution in [1.29, 1.82) is 0 Å². The van der Waals surface area contributed by atoms with E-state index < -0.39 is 0 Å². The summed E-state index contributed by atoms with van der Waals surface area (Å²) in [6, 6.07) is 10.4. The number of hydrogen-bond donors (Lipinski definition) is 1. The third-order valence-corrected chi connectivity index (χ3v) is 6.66. The second-order valence-corrected chi connectivity index (χ2v) is 8.63. The molecule has 8 nitrogen and oxygen atoms in total. The van der Waals surface area contributed by atoms with E-state index in [1.165, 1.54) is 28.0 Å². The summed E-state index contributed by atoms with van der Waals surface area (Å²) in [6.45, 7) is 7.74. The Morgan fingerprint density at radius 1 is 1.10 bits per heavy atom. The SMILES string of the molecule is Cc1cccc(N2CCN(c3ncnc(NCCc4cccs4)c3[N+](=O)[O-])CC2)c1C. The number of nitro groups is 1. The zero-order valence-corrected chi connectivity index (χ0v) is 18.6. The first-order chi connectivity index (χ1) is 15.0. The van der Waals surface area contributed by atoms with Gasteiger partial charge in [0, 0.05) is 43.3 Å². The number of aryl methyl sites for hydroxylation is 1. The Morgan fingerprint density at radius 2 is 1.87 bits per heavy atom. The smallest absolute Gasteiger partial charge is 0.353 e. The van der Waals surface area contributed by atoms with E-state index in [1.54, 1.807) is 11.3 Å². The van der Waals surface area contributed by atoms with Crippen LogP contribution in [0.4, 0.5) is 23.0 Å². The van der Waals surface area contributed by atoms with E-state index >= 15 is 0 Å². The number of nitrogens with zero attached hydrogens (tertiary/aromatic N) is 5. The normalized spacial score (nSPS) is 14.0. The van der Waals surface area contributed by atoms with Gasteiger partial charge in [0.05, 0.1) is 4.92 Å². The highest BCUT2D eigenvalue weighted by Crippen LogP contribution is 2.33. The van der Waals surface area contributed by atoms with Crippen molar-refractivity contribution in [2.75, 3.05) is 47.8 Å². The first-order valence-electron chi connectivity index (χ1n) is 10.4. The molecule has 0 saturated carbocycles. The molecule has 31 heavy (non-hydrogen) atoms. The minimum Gasteiger partial charge on any atom is -0.368 e. The molecular formula is C22H26N6O2S. The average molecular weight is 439 g/mol. The Labute approximate surface area is 185 Å². The third-order valence-electron chi connectivity index (χ3n) is 5.73. The Morgan fingerprint density at radius 3 is 2.58 bits per heavy atom. The fourth-order valence-electron chi connectivity index (χ4n) is 3.89. The van der Waals surface area contributed by atoms with Crippen LogP contribution in [0.2, 0.25) is 0 Å². The van der Waals surface area contributed by atoms with Crippen LogP contribution in [0, 0.1) is 24.0 Å². The molecule has 2 aromatic heterocycles. The summed E-state index contributed by atoms with van der Waals surface area (Å²) in [4.78, 5) is 25.5. The van der Waals surface area contributed by atoms with Gasteiger partial charge in [-0.3, -0.25) is 10.1 Å². The van der Waals surface area contributed by atoms with Gasteiger partial charge in [0.1, 0.15) is 6.33 Å². The van der Waals surface area contributed by atoms with Crippen molar-refractivity contribution in [3.8, 4) is 0 Å². The van der Waals surface area contributed by atoms with Crippen LogP contribution in [0.25, 0.3) is 0 Å². The van der Waals surface area contributed by atoms with E-state index in [4.69, 9.17) is 0 Å². The van der Waals surface area contributed by atoms with Crippen molar-refractivity contribution in [3.63, 3.8) is 0 Å². The Balaban J connectivity index is 1.48. The predicted molar refractivity (Wildman–Crippen MR) is 126 cm³/mol. The van der Waals surface area contributed by atoms with Gasteiger partial charge in [-0.25, -0.2) is 9.97 Å². The number of anilines is 3. The van der Waals surface area contributed by atoms with Crippen LogP contribution in [0.1, 0.15) is 16.0 Å². The molecule has 162 valence electrons. The van der Waals surface area contributed by atoms with E-state index in [2.05, 4.69) is 58.3 Å². The van der Waals surface area contributed by atoms with Crippen LogP contribution in [-0.2, 0) is 6.42 Å². The van der Waals surface area contributed by atoms with Crippen molar-refractivity contribution in [3.05, 3.63) is 68.2 Å². The van der Waals surface area contributed by atoms with Gasteiger partial charge in [0.2, 0.25) is 11.6 Å². The lowest BCUT2D eigenvalue weighted by Crippen LogP contribution is -2.47. The Kier molecular flexibility index (Phi) is 6.31. The second-order valence-electron chi connectivity index (χ2n) is 7.60. The molecule has 0 radical (unpaired) electrons. The van der Waals surface area contributed by atoms with Gasteiger partial charge < -0.3 is 15.1 Å². The number of thiophene rings is 1. The number of rotatable bonds is 7. The van der Waals surface area contributed by atoms with Crippen LogP contribution in [-0.4, -0.2) is 47.6 Å². The van der Waals surface area contributed by atoms with Crippen LogP contribution in [0.3, 0.4) is 0 Å². The standard InChI is InChI=1S/C22H26N6O2S/c1-16-5-3-7-19(17(16)2)26-10-12-27(13-11-26)22-20(28(29)30)21(24-15-25-22)23-9-8-18-6-4-14-31-18/h3-7,14-15H,8-13H2,1-2H3,(H,23,24,25). The molecule has 0 unspecified atom stereocenters. The van der Waals surface area contributed by atoms with Gasteiger partial charge in [0.15, 0.2) is 0 Å². The zero-order valence-electron chi connectivity index (χ0n) is 17.7. The van der Waals surface area contributed by atoms with Crippen LogP contribution < -0.4 is 15.1 Å². The van der Waals surface area contributed by atoms with E-state index in [0.29, 0.717) is 25.5 Å². The van der Waals surface area contributed by atoms with Crippen molar-refractivity contribution in [2.24, 2.45) is 0 Å². The highest BCUT2D eigenvalue weighted by molar-refractivity contribution is 7.09. The molecular weight excluding hydrogens is 412 g/mol. The first-order valence-corrected chi connectivity index (χ1v) is 11.2. The highest BCUT2D eigenvalue weighted by Gasteiger charge is 2.29. The van der Waals surface area contributed by atoms with Gasteiger partial charge in [-0.15, -0.1) is 11.3 Å². The number of piperazine rings is 1. The molecule has 1 aliphatic heterocycles. The summed E-state index contributed by atoms with van der Waals surface area (Å²) in [7, 11) is 0. The predicted octanol–water partition coefficient (Wildman–Crippen LogP) is 4.04. The summed E-state index contributed by atoms with van der Waals surface area (Å²) in [5.74, 6) is 0.669. The van der Waals surface area contributed by atoms with Crippen LogP contribution >= 0.6 is 11.3 Å². The molecule has 4 rings (SSSR count). The summed E-state index contributed by atoms with van der Waals surface area (Å²) in [5, 5.41) is 17.1. The van der Waals surface area contributed by atoms with E-state index in [0.717, 1.165) is 19.5 Å². The fraction of sp³-hybridized carbons (Fsp3) is 0.364. The maximum atomic E-state index is 11.9. The quantitative estimate of drug-likeness (QED) is 0.440. The fourth-order valence-corrected chi connectivity index (χ4v) is 4.60. The van der Waals surface area contributed by atoms with Crippen molar-refractivity contribution in [1.82, 2.24) is 9.97 Å². The molecule has 3 heterocycles. The molecule has 1 aromatic carbocycles. The van der Waals surface area contributed by atoms with E-state index in [1.807, 2.05) is 16.3 Å². The Bertz CT molecular complexity index is 1050. The zero-order chi connectivity index (χ0) is 21.8. The van der Waals surface area contributed by atoms with Crippen LogP contribution in [0.5, 0.6) is 0 Å². The summed E-state index contributed by atoms with van der Waals surface area (Å²) < 4.78 is 0. The van der Waals surface area contributed by atoms with Gasteiger partial charge in [-0.2, -0.15) is 0 Å². The number of nitrogens with one attached hydrogen (secondary N) is 1. The van der Waals surface area contributed by atoms with Gasteiger partial charge >= 0.3 is 5.69 Å². The molecule has 1 N–H and O–H groups in total. The molecule has 9 heteroatoms. The third kappa shape index (κ3) is 4.61. The minimum absolute atomic E-state index is 0.0473. The minimum atomic E-state index is -0.375. The largest absolute Gasteiger partial charge is 0.368 e. The van der Waals surface area contributed by atoms with Gasteiger partial charge in [-0.1, -0.05) is 18.2 Å². The summed E-state index contributed by atoms with van der Waals surface area (Å²) >= 11 is 1.68. The summed E-state index contributed by atoms with van der Waals surface area (Å²) in [5.41, 5.74) is 3.73. The molecule has 1 aliphatic rings. The lowest BCUT2D eigenvalue weighted by atomic mass is 10.1. The first kappa shape index (κ1) is 21.0. The lowest BCUT2D eigenvalue weighted by molar-refractivity contribution is -0.383. The van der Waals surface area contributed by atoms with Crippen LogP contribution in [0.15, 0.2) is 42.0 Å². The second kappa shape index (κ2) is 9.30. The molecule has 1 fully saturated rings. The van der Waals surface area contributed by atoms with Crippen molar-refractivity contribution >= 4 is 34.3 Å². The maximum absolute atomic E-state index is 11.9. The molecule has 0 bridgehead atoms. The molecule has 1 saturated heterocycles. The van der Waals surface area contributed by atoms with Gasteiger partial charge in [-0.05, 0) is 48.9 Å². The maximum Gasteiger partial charge on any atom is 0.353 e. The van der Waals surface area contributed by atoms with Crippen molar-refractivity contribution < 1.29 is 4.92 Å². The monoisotopic (exact) mass is 438 g/mol.